The third kappa shape index (κ3) is 3.11. The highest BCUT2D eigenvalue weighted by Gasteiger charge is 2.30. The van der Waals surface area contributed by atoms with Crippen molar-refractivity contribution < 1.29 is 19.0 Å². The SMILES string of the molecule is CCn1cc(/C=C2/Oc3c(ccc(OCC#N)c3C)C2=O)c2cc(OC)ccc21. The summed E-state index contributed by atoms with van der Waals surface area (Å²) < 4.78 is 18.8. The summed E-state index contributed by atoms with van der Waals surface area (Å²) in [4.78, 5) is 12.9. The average Bonchev–Trinajstić information content (AvgIpc) is 3.25. The van der Waals surface area contributed by atoms with Gasteiger partial charge in [-0.1, -0.05) is 0 Å². The highest BCUT2D eigenvalue weighted by Crippen LogP contribution is 2.40. The summed E-state index contributed by atoms with van der Waals surface area (Å²) in [5, 5.41) is 9.71. The van der Waals surface area contributed by atoms with Crippen LogP contribution in [0.2, 0.25) is 0 Å². The largest absolute Gasteiger partial charge is 0.497 e. The van der Waals surface area contributed by atoms with E-state index in [1.165, 1.54) is 0 Å². The molecule has 0 bridgehead atoms. The first-order chi connectivity index (χ1) is 14.1. The van der Waals surface area contributed by atoms with Gasteiger partial charge < -0.3 is 18.8 Å². The van der Waals surface area contributed by atoms with E-state index in [4.69, 9.17) is 19.5 Å². The Hall–Kier alpha value is -3.72. The number of ketones is 1. The molecule has 1 aliphatic rings. The van der Waals surface area contributed by atoms with Gasteiger partial charge in [-0.3, -0.25) is 4.79 Å². The zero-order valence-electron chi connectivity index (χ0n) is 16.5. The van der Waals surface area contributed by atoms with Crippen LogP contribution >= 0.6 is 0 Å². The van der Waals surface area contributed by atoms with Gasteiger partial charge in [-0.15, -0.1) is 0 Å². The minimum atomic E-state index is -0.171. The number of carbonyl (C=O) groups excluding carboxylic acids is 1. The van der Waals surface area contributed by atoms with E-state index in [-0.39, 0.29) is 18.1 Å². The van der Waals surface area contributed by atoms with Gasteiger partial charge in [0, 0.05) is 34.8 Å². The number of aryl methyl sites for hydroxylation is 1. The van der Waals surface area contributed by atoms with Crippen LogP contribution in [0, 0.1) is 18.3 Å². The highest BCUT2D eigenvalue weighted by molar-refractivity contribution is 6.15. The maximum atomic E-state index is 12.9. The van der Waals surface area contributed by atoms with Crippen molar-refractivity contribution in [3.05, 3.63) is 59.0 Å². The zero-order chi connectivity index (χ0) is 20.5. The molecule has 0 radical (unpaired) electrons. The molecule has 29 heavy (non-hydrogen) atoms. The van der Waals surface area contributed by atoms with E-state index in [0.29, 0.717) is 22.6 Å². The Balaban J connectivity index is 1.77. The fraction of sp³-hybridized carbons (Fsp3) is 0.217. The summed E-state index contributed by atoms with van der Waals surface area (Å²) in [5.74, 6) is 1.86. The van der Waals surface area contributed by atoms with Crippen molar-refractivity contribution in [1.82, 2.24) is 4.57 Å². The summed E-state index contributed by atoms with van der Waals surface area (Å²) in [5.41, 5.74) is 3.14. The summed E-state index contributed by atoms with van der Waals surface area (Å²) in [6, 6.07) is 11.2. The maximum absolute atomic E-state index is 12.9. The smallest absolute Gasteiger partial charge is 0.231 e. The van der Waals surface area contributed by atoms with E-state index < -0.39 is 0 Å². The van der Waals surface area contributed by atoms with Crippen LogP contribution in [0.15, 0.2) is 42.3 Å². The second-order valence-electron chi connectivity index (χ2n) is 6.71. The number of ether oxygens (including phenoxy) is 3. The Bertz CT molecular complexity index is 1200. The molecule has 0 N–H and O–H groups in total. The highest BCUT2D eigenvalue weighted by atomic mass is 16.5. The Labute approximate surface area is 168 Å². The van der Waals surface area contributed by atoms with Crippen LogP contribution in [0.4, 0.5) is 0 Å². The molecule has 4 rings (SSSR count). The fourth-order valence-electron chi connectivity index (χ4n) is 3.58. The van der Waals surface area contributed by atoms with Crippen LogP contribution < -0.4 is 14.2 Å². The molecular weight excluding hydrogens is 368 g/mol. The number of Topliss-reactive ketones (excluding diaryl/α,β-unsaturated/α-hetero) is 1. The van der Waals surface area contributed by atoms with Crippen LogP contribution in [0.25, 0.3) is 17.0 Å². The maximum Gasteiger partial charge on any atom is 0.231 e. The first kappa shape index (κ1) is 18.6. The van der Waals surface area contributed by atoms with E-state index >= 15 is 0 Å². The normalized spacial score (nSPS) is 14.0. The van der Waals surface area contributed by atoms with Gasteiger partial charge in [0.05, 0.1) is 12.7 Å². The summed E-state index contributed by atoms with van der Waals surface area (Å²) >= 11 is 0. The van der Waals surface area contributed by atoms with Gasteiger partial charge in [-0.05, 0) is 50.3 Å². The van der Waals surface area contributed by atoms with Crippen LogP contribution in [0.1, 0.15) is 28.4 Å². The lowest BCUT2D eigenvalue weighted by atomic mass is 10.1. The summed E-state index contributed by atoms with van der Waals surface area (Å²) in [6.07, 6.45) is 3.77. The quantitative estimate of drug-likeness (QED) is 0.602. The minimum absolute atomic E-state index is 0.0609. The van der Waals surface area contributed by atoms with Gasteiger partial charge in [-0.25, -0.2) is 0 Å². The average molecular weight is 388 g/mol. The van der Waals surface area contributed by atoms with Crippen molar-refractivity contribution in [2.75, 3.05) is 13.7 Å². The topological polar surface area (TPSA) is 73.5 Å². The molecule has 0 atom stereocenters. The van der Waals surface area contributed by atoms with Gasteiger partial charge in [0.15, 0.2) is 12.4 Å². The molecule has 0 aliphatic carbocycles. The number of methoxy groups -OCH3 is 1. The third-order valence-electron chi connectivity index (χ3n) is 5.08. The van der Waals surface area contributed by atoms with Gasteiger partial charge in [-0.2, -0.15) is 5.26 Å². The number of fused-ring (bicyclic) bond motifs is 2. The van der Waals surface area contributed by atoms with E-state index in [9.17, 15) is 4.79 Å². The summed E-state index contributed by atoms with van der Waals surface area (Å²) in [7, 11) is 1.63. The van der Waals surface area contributed by atoms with E-state index in [1.54, 1.807) is 25.3 Å². The van der Waals surface area contributed by atoms with Crippen LogP contribution in [0.3, 0.4) is 0 Å². The van der Waals surface area contributed by atoms with Crippen molar-refractivity contribution in [2.45, 2.75) is 20.4 Å². The lowest BCUT2D eigenvalue weighted by molar-refractivity contribution is 0.101. The van der Waals surface area contributed by atoms with Crippen molar-refractivity contribution in [1.29, 1.82) is 5.26 Å². The Morgan fingerprint density at radius 2 is 2.10 bits per heavy atom. The van der Waals surface area contributed by atoms with Crippen LogP contribution in [-0.4, -0.2) is 24.1 Å². The zero-order valence-corrected chi connectivity index (χ0v) is 16.5. The molecule has 0 saturated heterocycles. The number of allylic oxidation sites excluding steroid dienone is 1. The minimum Gasteiger partial charge on any atom is -0.497 e. The Morgan fingerprint density at radius 3 is 2.83 bits per heavy atom. The van der Waals surface area contributed by atoms with E-state index in [2.05, 4.69) is 11.5 Å². The predicted molar refractivity (Wildman–Crippen MR) is 109 cm³/mol. The monoisotopic (exact) mass is 388 g/mol. The predicted octanol–water partition coefficient (Wildman–Crippen LogP) is 4.50. The first-order valence-electron chi connectivity index (χ1n) is 9.31. The standard InChI is InChI=1S/C23H20N2O4/c1-4-25-13-15(18-12-16(27-3)5-7-19(18)25)11-21-22(26)17-6-8-20(28-10-9-24)14(2)23(17)29-21/h5-8,11-13H,4,10H2,1-3H3/b21-11+. The van der Waals surface area contributed by atoms with Gasteiger partial charge in [0.25, 0.3) is 0 Å². The number of aromatic nitrogens is 1. The van der Waals surface area contributed by atoms with E-state index in [1.807, 2.05) is 37.4 Å². The number of benzene rings is 2. The number of nitrogens with zero attached hydrogens (tertiary/aromatic N) is 2. The third-order valence-corrected chi connectivity index (χ3v) is 5.08. The molecular formula is C23H20N2O4. The number of hydrogen-bond donors (Lipinski definition) is 0. The lowest BCUT2D eigenvalue weighted by Gasteiger charge is -2.08. The number of nitriles is 1. The van der Waals surface area contributed by atoms with Gasteiger partial charge in [0.2, 0.25) is 5.78 Å². The van der Waals surface area contributed by atoms with E-state index in [0.717, 1.165) is 28.8 Å². The molecule has 146 valence electrons. The molecule has 0 saturated carbocycles. The van der Waals surface area contributed by atoms with Crippen molar-refractivity contribution >= 4 is 22.8 Å². The molecule has 6 nitrogen and oxygen atoms in total. The molecule has 2 heterocycles. The number of hydrogen-bond acceptors (Lipinski definition) is 5. The van der Waals surface area contributed by atoms with Crippen molar-refractivity contribution in [3.63, 3.8) is 0 Å². The molecule has 0 spiro atoms. The fourth-order valence-corrected chi connectivity index (χ4v) is 3.58. The molecule has 6 heteroatoms. The molecule has 1 aliphatic heterocycles. The van der Waals surface area contributed by atoms with Gasteiger partial charge in [0.1, 0.15) is 23.3 Å². The van der Waals surface area contributed by atoms with Crippen molar-refractivity contribution in [3.8, 4) is 23.3 Å². The second-order valence-corrected chi connectivity index (χ2v) is 6.71. The number of rotatable bonds is 5. The second kappa shape index (κ2) is 7.36. The number of carbonyl (C=O) groups is 1. The molecule has 1 aromatic heterocycles. The lowest BCUT2D eigenvalue weighted by Crippen LogP contribution is -1.98. The summed E-state index contributed by atoms with van der Waals surface area (Å²) in [6.45, 7) is 4.63. The van der Waals surface area contributed by atoms with Crippen LogP contribution in [0.5, 0.6) is 17.2 Å². The molecule has 0 fully saturated rings. The first-order valence-corrected chi connectivity index (χ1v) is 9.31. The van der Waals surface area contributed by atoms with Gasteiger partial charge >= 0.3 is 0 Å². The van der Waals surface area contributed by atoms with Crippen LogP contribution in [-0.2, 0) is 6.54 Å². The van der Waals surface area contributed by atoms with Crippen molar-refractivity contribution in [2.24, 2.45) is 0 Å². The Kier molecular flexibility index (Phi) is 4.73. The Morgan fingerprint density at radius 1 is 1.28 bits per heavy atom. The molecule has 0 amide bonds. The molecule has 0 unspecified atom stereocenters. The molecule has 3 aromatic rings. The molecule has 2 aromatic carbocycles.